The third-order valence-electron chi connectivity index (χ3n) is 5.68. The number of benzene rings is 2. The number of hydrogen-bond donors (Lipinski definition) is 2. The molecule has 1 unspecified atom stereocenters. The molecule has 0 aliphatic heterocycles. The van der Waals surface area contributed by atoms with Crippen LogP contribution in [0.1, 0.15) is 38.4 Å². The topological polar surface area (TPSA) is 106 Å². The number of ether oxygens (including phenoxy) is 1. The summed E-state index contributed by atoms with van der Waals surface area (Å²) in [7, 11) is 1.56. The Kier molecular flexibility index (Phi) is 5.70. The Morgan fingerprint density at radius 1 is 0.970 bits per heavy atom. The first-order valence-corrected chi connectivity index (χ1v) is 11.3. The predicted octanol–water partition coefficient (Wildman–Crippen LogP) is 3.53. The van der Waals surface area contributed by atoms with Gasteiger partial charge in [0.05, 0.1) is 11.7 Å². The number of nitrogens with zero attached hydrogens (tertiary/aromatic N) is 3. The molecule has 2 N–H and O–H groups in total. The quantitative estimate of drug-likeness (QED) is 0.473. The molecule has 9 heteroatoms. The van der Waals surface area contributed by atoms with Crippen molar-refractivity contribution in [3.8, 4) is 11.5 Å². The molecule has 0 spiro atoms. The largest absolute Gasteiger partial charge is 0.457 e. The molecule has 2 aromatic carbocycles. The van der Waals surface area contributed by atoms with Crippen LogP contribution in [0.5, 0.6) is 11.5 Å². The van der Waals surface area contributed by atoms with Gasteiger partial charge in [-0.3, -0.25) is 14.6 Å². The van der Waals surface area contributed by atoms with E-state index in [0.717, 1.165) is 47.6 Å². The second kappa shape index (κ2) is 8.95. The van der Waals surface area contributed by atoms with E-state index in [0.29, 0.717) is 22.8 Å². The van der Waals surface area contributed by atoms with Crippen LogP contribution >= 0.6 is 11.7 Å². The van der Waals surface area contributed by atoms with Crippen LogP contribution < -0.4 is 15.4 Å². The maximum Gasteiger partial charge on any atom is 0.269 e. The number of carbonyl (C=O) groups excluding carboxylic acids is 2. The Morgan fingerprint density at radius 2 is 1.82 bits per heavy atom. The van der Waals surface area contributed by atoms with Gasteiger partial charge in [-0.15, -0.1) is 0 Å². The molecule has 2 amide bonds. The van der Waals surface area contributed by atoms with Gasteiger partial charge in [-0.05, 0) is 66.8 Å². The molecule has 33 heavy (non-hydrogen) atoms. The van der Waals surface area contributed by atoms with E-state index >= 15 is 0 Å². The average Bonchev–Trinajstić information content (AvgIpc) is 3.31. The van der Waals surface area contributed by atoms with Gasteiger partial charge < -0.3 is 15.4 Å². The summed E-state index contributed by atoms with van der Waals surface area (Å²) in [4.78, 5) is 28.7. The Bertz CT molecular complexity index is 1350. The van der Waals surface area contributed by atoms with Crippen molar-refractivity contribution in [2.45, 2.75) is 25.3 Å². The Labute approximate surface area is 194 Å². The predicted molar refractivity (Wildman–Crippen MR) is 125 cm³/mol. The van der Waals surface area contributed by atoms with Crippen LogP contribution in [0.3, 0.4) is 0 Å². The fourth-order valence-corrected chi connectivity index (χ4v) is 4.49. The number of aromatic nitrogens is 3. The molecule has 0 saturated carbocycles. The molecule has 4 aromatic rings. The maximum absolute atomic E-state index is 12.8. The monoisotopic (exact) mass is 459 g/mol. The number of pyridine rings is 1. The SMILES string of the molecule is CNC(=O)c1cc(Oc2ccc3c(c2)CC(NC(=O)c2ccc4nsnc4c2)CC3)ccn1. The summed E-state index contributed by atoms with van der Waals surface area (Å²) in [5.41, 5.74) is 4.81. The standard InChI is InChI=1S/C24H21N5O3S/c1-25-24(31)22-13-19(8-9-26-22)32-18-6-3-14-2-5-17(10-16(14)11-18)27-23(30)15-4-7-20-21(12-15)29-33-28-20/h3-4,6-9,11-13,17H,2,5,10H2,1H3,(H,25,31)(H,27,30). The smallest absolute Gasteiger partial charge is 0.269 e. The fourth-order valence-electron chi connectivity index (χ4n) is 3.98. The number of nitrogens with one attached hydrogen (secondary N) is 2. The summed E-state index contributed by atoms with van der Waals surface area (Å²) < 4.78 is 14.4. The number of aryl methyl sites for hydroxylation is 1. The minimum atomic E-state index is -0.269. The molecule has 1 atom stereocenters. The van der Waals surface area contributed by atoms with Crippen LogP contribution in [0.25, 0.3) is 11.0 Å². The molecule has 8 nitrogen and oxygen atoms in total. The zero-order chi connectivity index (χ0) is 22.8. The van der Waals surface area contributed by atoms with Crippen molar-refractivity contribution in [3.05, 3.63) is 77.1 Å². The molecule has 0 radical (unpaired) electrons. The molecule has 1 aliphatic rings. The van der Waals surface area contributed by atoms with Crippen LogP contribution in [0.4, 0.5) is 0 Å². The van der Waals surface area contributed by atoms with E-state index in [1.54, 1.807) is 37.5 Å². The Balaban J connectivity index is 1.28. The molecule has 166 valence electrons. The highest BCUT2D eigenvalue weighted by atomic mass is 32.1. The minimum absolute atomic E-state index is 0.0327. The molecule has 5 rings (SSSR count). The molecule has 2 heterocycles. The summed E-state index contributed by atoms with van der Waals surface area (Å²) in [5, 5.41) is 5.71. The van der Waals surface area contributed by atoms with Gasteiger partial charge in [0.2, 0.25) is 0 Å². The zero-order valence-corrected chi connectivity index (χ0v) is 18.7. The minimum Gasteiger partial charge on any atom is -0.457 e. The van der Waals surface area contributed by atoms with Crippen LogP contribution in [-0.4, -0.2) is 38.6 Å². The second-order valence-corrected chi connectivity index (χ2v) is 8.40. The molecule has 1 aliphatic carbocycles. The zero-order valence-electron chi connectivity index (χ0n) is 17.9. The van der Waals surface area contributed by atoms with E-state index in [2.05, 4.69) is 30.4 Å². The van der Waals surface area contributed by atoms with Crippen molar-refractivity contribution in [3.63, 3.8) is 0 Å². The normalized spacial score (nSPS) is 15.0. The van der Waals surface area contributed by atoms with Crippen molar-refractivity contribution in [1.82, 2.24) is 24.4 Å². The van der Waals surface area contributed by atoms with Gasteiger partial charge in [0.25, 0.3) is 11.8 Å². The highest BCUT2D eigenvalue weighted by Gasteiger charge is 2.22. The summed E-state index contributed by atoms with van der Waals surface area (Å²) in [6, 6.07) is 14.7. The van der Waals surface area contributed by atoms with Gasteiger partial charge in [0.1, 0.15) is 28.2 Å². The lowest BCUT2D eigenvalue weighted by molar-refractivity contribution is 0.0931. The van der Waals surface area contributed by atoms with Crippen LogP contribution in [-0.2, 0) is 12.8 Å². The molecular weight excluding hydrogens is 438 g/mol. The third kappa shape index (κ3) is 4.54. The van der Waals surface area contributed by atoms with Crippen LogP contribution in [0.2, 0.25) is 0 Å². The number of rotatable bonds is 5. The third-order valence-corrected chi connectivity index (χ3v) is 6.24. The summed E-state index contributed by atoms with van der Waals surface area (Å²) >= 11 is 1.14. The van der Waals surface area contributed by atoms with Gasteiger partial charge in [0, 0.05) is 30.9 Å². The lowest BCUT2D eigenvalue weighted by atomic mass is 9.88. The Morgan fingerprint density at radius 3 is 2.70 bits per heavy atom. The molecule has 2 aromatic heterocycles. The van der Waals surface area contributed by atoms with Crippen molar-refractivity contribution in [2.75, 3.05) is 7.05 Å². The van der Waals surface area contributed by atoms with E-state index in [1.165, 1.54) is 5.56 Å². The van der Waals surface area contributed by atoms with Crippen LogP contribution in [0, 0.1) is 0 Å². The van der Waals surface area contributed by atoms with Gasteiger partial charge >= 0.3 is 0 Å². The van der Waals surface area contributed by atoms with E-state index < -0.39 is 0 Å². The molecule has 0 fully saturated rings. The highest BCUT2D eigenvalue weighted by molar-refractivity contribution is 7.00. The fraction of sp³-hybridized carbons (Fsp3) is 0.208. The Hall–Kier alpha value is -3.85. The van der Waals surface area contributed by atoms with E-state index in [-0.39, 0.29) is 17.9 Å². The van der Waals surface area contributed by atoms with E-state index in [9.17, 15) is 9.59 Å². The van der Waals surface area contributed by atoms with Gasteiger partial charge in [-0.2, -0.15) is 8.75 Å². The van der Waals surface area contributed by atoms with Crippen molar-refractivity contribution in [1.29, 1.82) is 0 Å². The molecule has 0 bridgehead atoms. The van der Waals surface area contributed by atoms with Gasteiger partial charge in [-0.25, -0.2) is 0 Å². The average molecular weight is 460 g/mol. The molecule has 0 saturated heterocycles. The molecular formula is C24H21N5O3S. The number of hydrogen-bond acceptors (Lipinski definition) is 7. The van der Waals surface area contributed by atoms with Crippen molar-refractivity contribution >= 4 is 34.6 Å². The number of fused-ring (bicyclic) bond motifs is 2. The first-order valence-electron chi connectivity index (χ1n) is 10.6. The summed E-state index contributed by atoms with van der Waals surface area (Å²) in [5.74, 6) is 0.839. The lowest BCUT2D eigenvalue weighted by Gasteiger charge is -2.26. The summed E-state index contributed by atoms with van der Waals surface area (Å²) in [6.07, 6.45) is 4.02. The first kappa shape index (κ1) is 21.0. The van der Waals surface area contributed by atoms with E-state index in [4.69, 9.17) is 4.74 Å². The van der Waals surface area contributed by atoms with Crippen molar-refractivity contribution < 1.29 is 14.3 Å². The van der Waals surface area contributed by atoms with Crippen LogP contribution in [0.15, 0.2) is 54.7 Å². The second-order valence-electron chi connectivity index (χ2n) is 7.87. The number of amides is 2. The maximum atomic E-state index is 12.8. The summed E-state index contributed by atoms with van der Waals surface area (Å²) in [6.45, 7) is 0. The first-order chi connectivity index (χ1) is 16.1. The lowest BCUT2D eigenvalue weighted by Crippen LogP contribution is -2.38. The van der Waals surface area contributed by atoms with Crippen molar-refractivity contribution in [2.24, 2.45) is 0 Å². The number of carbonyl (C=O) groups is 2. The van der Waals surface area contributed by atoms with Gasteiger partial charge in [-0.1, -0.05) is 6.07 Å². The van der Waals surface area contributed by atoms with E-state index in [1.807, 2.05) is 18.2 Å². The highest BCUT2D eigenvalue weighted by Crippen LogP contribution is 2.29. The van der Waals surface area contributed by atoms with Gasteiger partial charge in [0.15, 0.2) is 0 Å².